The van der Waals surface area contributed by atoms with Gasteiger partial charge in [0.25, 0.3) is 0 Å². The van der Waals surface area contributed by atoms with Gasteiger partial charge in [-0.25, -0.2) is 14.8 Å². The number of aromatic nitrogens is 3. The van der Waals surface area contributed by atoms with Crippen LogP contribution >= 0.6 is 0 Å². The van der Waals surface area contributed by atoms with Crippen molar-refractivity contribution in [1.29, 1.82) is 0 Å². The van der Waals surface area contributed by atoms with Crippen LogP contribution in [0.4, 0.5) is 19.0 Å². The van der Waals surface area contributed by atoms with E-state index in [0.717, 1.165) is 31.9 Å². The van der Waals surface area contributed by atoms with Crippen molar-refractivity contribution in [3.05, 3.63) is 60.4 Å². The Bertz CT molecular complexity index is 975. The largest absolute Gasteiger partial charge is 0.476 e. The Kier molecular flexibility index (Phi) is 7.19. The topological polar surface area (TPSA) is 110 Å². The highest BCUT2D eigenvalue weighted by atomic mass is 19.4. The summed E-state index contributed by atoms with van der Waals surface area (Å²) in [7, 11) is 0. The number of nitrogens with zero attached hydrogens (tertiary/aromatic N) is 3. The lowest BCUT2D eigenvalue weighted by atomic mass is 10.1. The first kappa shape index (κ1) is 22.2. The predicted octanol–water partition coefficient (Wildman–Crippen LogP) is 4.13. The molecule has 1 aromatic carbocycles. The normalized spacial score (nSPS) is 14.4. The molecule has 31 heavy (non-hydrogen) atoms. The number of hydrogen-bond acceptors (Lipinski definition) is 7. The number of aromatic carboxylic acids is 1. The molecule has 11 heteroatoms. The second-order valence-electron chi connectivity index (χ2n) is 6.49. The maximum atomic E-state index is 12.5. The molecule has 2 N–H and O–H groups in total. The number of halogens is 3. The molecule has 1 fully saturated rings. The van der Waals surface area contributed by atoms with Crippen molar-refractivity contribution >= 4 is 11.8 Å². The molecule has 0 aliphatic carbocycles. The summed E-state index contributed by atoms with van der Waals surface area (Å²) in [4.78, 5) is 22.2. The lowest BCUT2D eigenvalue weighted by Crippen LogP contribution is -2.28. The zero-order valence-electron chi connectivity index (χ0n) is 16.2. The summed E-state index contributed by atoms with van der Waals surface area (Å²) in [5.41, 5.74) is -0.864. The van der Waals surface area contributed by atoms with Crippen LogP contribution in [-0.2, 0) is 10.9 Å². The van der Waals surface area contributed by atoms with Gasteiger partial charge in [-0.05, 0) is 25.0 Å². The van der Waals surface area contributed by atoms with E-state index < -0.39 is 23.6 Å². The number of rotatable bonds is 4. The molecule has 8 nitrogen and oxygen atoms in total. The van der Waals surface area contributed by atoms with E-state index in [2.05, 4.69) is 24.7 Å². The SMILES string of the molecule is O=C(O)c1nc(-c2ccccc2)oc1C(F)(F)F.c1cnc(NC2CCOCC2)cn1. The Morgan fingerprint density at radius 3 is 2.39 bits per heavy atom. The molecule has 1 aliphatic heterocycles. The van der Waals surface area contributed by atoms with E-state index in [0.29, 0.717) is 6.04 Å². The third-order valence-electron chi connectivity index (χ3n) is 4.24. The summed E-state index contributed by atoms with van der Waals surface area (Å²) in [6, 6.07) is 8.25. The van der Waals surface area contributed by atoms with Crippen molar-refractivity contribution in [3.8, 4) is 11.5 Å². The van der Waals surface area contributed by atoms with Gasteiger partial charge in [0.05, 0.1) is 6.20 Å². The molecular formula is C20H19F3N4O4. The van der Waals surface area contributed by atoms with E-state index in [1.165, 1.54) is 12.1 Å². The van der Waals surface area contributed by atoms with Gasteiger partial charge in [-0.15, -0.1) is 0 Å². The molecule has 164 valence electrons. The fraction of sp³-hybridized carbons (Fsp3) is 0.300. The number of hydrogen-bond donors (Lipinski definition) is 2. The van der Waals surface area contributed by atoms with Crippen LogP contribution in [0.15, 0.2) is 53.3 Å². The number of carboxylic acids is 1. The first-order chi connectivity index (χ1) is 14.8. The van der Waals surface area contributed by atoms with Crippen molar-refractivity contribution in [2.75, 3.05) is 18.5 Å². The molecule has 0 amide bonds. The second-order valence-corrected chi connectivity index (χ2v) is 6.49. The van der Waals surface area contributed by atoms with Crippen LogP contribution in [0.5, 0.6) is 0 Å². The van der Waals surface area contributed by atoms with E-state index in [-0.39, 0.29) is 11.5 Å². The number of alkyl halides is 3. The van der Waals surface area contributed by atoms with Crippen LogP contribution in [0.3, 0.4) is 0 Å². The van der Waals surface area contributed by atoms with Crippen molar-refractivity contribution in [2.24, 2.45) is 0 Å². The number of benzene rings is 1. The Balaban J connectivity index is 0.000000185. The van der Waals surface area contributed by atoms with Gasteiger partial charge < -0.3 is 19.6 Å². The predicted molar refractivity (Wildman–Crippen MR) is 103 cm³/mol. The van der Waals surface area contributed by atoms with Crippen molar-refractivity contribution in [1.82, 2.24) is 15.0 Å². The molecule has 0 bridgehead atoms. The van der Waals surface area contributed by atoms with E-state index in [1.807, 2.05) is 0 Å². The van der Waals surface area contributed by atoms with Crippen LogP contribution in [0.2, 0.25) is 0 Å². The highest BCUT2D eigenvalue weighted by Crippen LogP contribution is 2.35. The smallest absolute Gasteiger partial charge is 0.452 e. The van der Waals surface area contributed by atoms with Gasteiger partial charge in [0.1, 0.15) is 5.82 Å². The Morgan fingerprint density at radius 2 is 1.84 bits per heavy atom. The minimum atomic E-state index is -4.90. The number of carboxylic acid groups (broad SMARTS) is 1. The van der Waals surface area contributed by atoms with Crippen LogP contribution in [0.1, 0.15) is 29.1 Å². The van der Waals surface area contributed by atoms with E-state index in [1.54, 1.807) is 36.8 Å². The highest BCUT2D eigenvalue weighted by molar-refractivity contribution is 5.87. The Hall–Kier alpha value is -3.47. The van der Waals surface area contributed by atoms with Crippen molar-refractivity contribution in [2.45, 2.75) is 25.1 Å². The van der Waals surface area contributed by atoms with Crippen molar-refractivity contribution < 1.29 is 32.2 Å². The molecule has 3 aromatic rings. The Morgan fingerprint density at radius 1 is 1.13 bits per heavy atom. The number of ether oxygens (including phenoxy) is 1. The maximum Gasteiger partial charge on any atom is 0.452 e. The van der Waals surface area contributed by atoms with E-state index in [4.69, 9.17) is 9.84 Å². The summed E-state index contributed by atoms with van der Waals surface area (Å²) < 4.78 is 47.4. The van der Waals surface area contributed by atoms with Gasteiger partial charge in [-0.2, -0.15) is 13.2 Å². The monoisotopic (exact) mass is 436 g/mol. The number of nitrogens with one attached hydrogen (secondary N) is 1. The molecule has 0 spiro atoms. The van der Waals surface area contributed by atoms with Gasteiger partial charge in [0.2, 0.25) is 11.7 Å². The molecule has 1 saturated heterocycles. The lowest BCUT2D eigenvalue weighted by molar-refractivity contribution is -0.153. The molecule has 0 saturated carbocycles. The number of carbonyl (C=O) groups is 1. The number of oxazole rings is 1. The number of anilines is 1. The van der Waals surface area contributed by atoms with E-state index >= 15 is 0 Å². The molecular weight excluding hydrogens is 417 g/mol. The minimum absolute atomic E-state index is 0.274. The molecule has 0 unspecified atom stereocenters. The van der Waals surface area contributed by atoms with Gasteiger partial charge in [0.15, 0.2) is 5.69 Å². The summed E-state index contributed by atoms with van der Waals surface area (Å²) in [6.45, 7) is 1.69. The molecule has 1 aliphatic rings. The fourth-order valence-corrected chi connectivity index (χ4v) is 2.79. The highest BCUT2D eigenvalue weighted by Gasteiger charge is 2.42. The van der Waals surface area contributed by atoms with E-state index in [9.17, 15) is 18.0 Å². The second kappa shape index (κ2) is 10.0. The van der Waals surface area contributed by atoms with Crippen LogP contribution in [0.25, 0.3) is 11.5 Å². The molecule has 0 radical (unpaired) electrons. The fourth-order valence-electron chi connectivity index (χ4n) is 2.79. The van der Waals surface area contributed by atoms with Crippen LogP contribution in [-0.4, -0.2) is 45.3 Å². The average molecular weight is 436 g/mol. The summed E-state index contributed by atoms with van der Waals surface area (Å²) in [6.07, 6.45) is 2.33. The van der Waals surface area contributed by atoms with Crippen molar-refractivity contribution in [3.63, 3.8) is 0 Å². The summed E-state index contributed by atoms with van der Waals surface area (Å²) in [5.74, 6) is -2.91. The molecule has 3 heterocycles. The zero-order chi connectivity index (χ0) is 22.3. The van der Waals surface area contributed by atoms with Gasteiger partial charge in [-0.3, -0.25) is 4.98 Å². The van der Waals surface area contributed by atoms with Crippen LogP contribution in [0, 0.1) is 0 Å². The summed E-state index contributed by atoms with van der Waals surface area (Å²) >= 11 is 0. The molecule has 4 rings (SSSR count). The Labute approximate surface area is 175 Å². The minimum Gasteiger partial charge on any atom is -0.476 e. The first-order valence-corrected chi connectivity index (χ1v) is 9.31. The lowest BCUT2D eigenvalue weighted by Gasteiger charge is -2.23. The van der Waals surface area contributed by atoms with Crippen LogP contribution < -0.4 is 5.32 Å². The summed E-state index contributed by atoms with van der Waals surface area (Å²) in [5, 5.41) is 12.0. The average Bonchev–Trinajstić information content (AvgIpc) is 3.23. The molecule has 2 aromatic heterocycles. The van der Waals surface area contributed by atoms with Gasteiger partial charge in [0, 0.05) is 37.2 Å². The third-order valence-corrected chi connectivity index (χ3v) is 4.24. The third kappa shape index (κ3) is 6.25. The quantitative estimate of drug-likeness (QED) is 0.628. The first-order valence-electron chi connectivity index (χ1n) is 9.31. The van der Waals surface area contributed by atoms with Gasteiger partial charge >= 0.3 is 12.1 Å². The zero-order valence-corrected chi connectivity index (χ0v) is 16.2. The standard InChI is InChI=1S/C11H6F3NO3.C9H13N3O/c12-11(13,14)8-7(10(16)17)15-9(18-8)6-4-2-1-3-5-6;1-5-13-6-2-8(1)12-9-7-10-3-4-11-9/h1-5H,(H,16,17);3-4,7-8H,1-2,5-6H2,(H,11,12). The molecule has 0 atom stereocenters. The van der Waals surface area contributed by atoms with Gasteiger partial charge in [-0.1, -0.05) is 18.2 Å². The maximum absolute atomic E-state index is 12.5.